The molecule has 1 heterocycles. The molecule has 0 spiro atoms. The van der Waals surface area contributed by atoms with Gasteiger partial charge in [-0.05, 0) is 6.07 Å². The van der Waals surface area contributed by atoms with E-state index in [-0.39, 0.29) is 0 Å². The molecule has 0 amide bonds. The summed E-state index contributed by atoms with van der Waals surface area (Å²) in [5, 5.41) is 3.51. The summed E-state index contributed by atoms with van der Waals surface area (Å²) < 4.78 is 13.0. The van der Waals surface area contributed by atoms with Gasteiger partial charge in [-0.15, -0.1) is 0 Å². The van der Waals surface area contributed by atoms with Crippen LogP contribution in [0, 0.1) is 0 Å². The second-order valence-corrected chi connectivity index (χ2v) is 2.96. The summed E-state index contributed by atoms with van der Waals surface area (Å²) >= 11 is 5.81. The van der Waals surface area contributed by atoms with Crippen molar-refractivity contribution in [3.8, 4) is 0 Å². The summed E-state index contributed by atoms with van der Waals surface area (Å²) in [6.45, 7) is 0.346. The summed E-state index contributed by atoms with van der Waals surface area (Å²) in [6.07, 6.45) is -0.899. The molecule has 1 aliphatic heterocycles. The second-order valence-electron chi connectivity index (χ2n) is 2.55. The maximum absolute atomic E-state index is 13.0. The van der Waals surface area contributed by atoms with Gasteiger partial charge in [0.05, 0.1) is 17.3 Å². The minimum atomic E-state index is -0.899. The zero-order valence-corrected chi connectivity index (χ0v) is 6.53. The lowest BCUT2D eigenvalue weighted by Gasteiger charge is -2.00. The third kappa shape index (κ3) is 0.979. The summed E-state index contributed by atoms with van der Waals surface area (Å²) in [5.41, 5.74) is 1.43. The van der Waals surface area contributed by atoms with E-state index in [4.69, 9.17) is 11.6 Å². The van der Waals surface area contributed by atoms with Crippen LogP contribution in [-0.4, -0.2) is 6.54 Å². The number of fused-ring (bicyclic) bond motifs is 1. The Labute approximate surface area is 69.2 Å². The highest BCUT2D eigenvalue weighted by Gasteiger charge is 2.22. The molecule has 1 atom stereocenters. The molecule has 0 saturated heterocycles. The Kier molecular flexibility index (Phi) is 1.50. The quantitative estimate of drug-likeness (QED) is 0.633. The number of para-hydroxylation sites is 1. The number of hydrogen-bond acceptors (Lipinski definition) is 1. The topological polar surface area (TPSA) is 12.0 Å². The molecule has 0 aromatic heterocycles. The van der Waals surface area contributed by atoms with Crippen LogP contribution in [0.25, 0.3) is 0 Å². The van der Waals surface area contributed by atoms with Crippen molar-refractivity contribution in [2.24, 2.45) is 0 Å². The van der Waals surface area contributed by atoms with Crippen molar-refractivity contribution in [3.05, 3.63) is 28.8 Å². The number of hydrogen-bond donors (Lipinski definition) is 1. The van der Waals surface area contributed by atoms with Crippen LogP contribution in [0.4, 0.5) is 10.1 Å². The van der Waals surface area contributed by atoms with Crippen LogP contribution in [0.15, 0.2) is 18.2 Å². The summed E-state index contributed by atoms with van der Waals surface area (Å²) in [5.74, 6) is 0. The van der Waals surface area contributed by atoms with Gasteiger partial charge in [0.15, 0.2) is 0 Å². The SMILES string of the molecule is FC1CNc2c(Cl)cccc21. The van der Waals surface area contributed by atoms with Gasteiger partial charge in [0.1, 0.15) is 6.17 Å². The van der Waals surface area contributed by atoms with Crippen molar-refractivity contribution in [1.82, 2.24) is 0 Å². The van der Waals surface area contributed by atoms with Crippen molar-refractivity contribution in [2.45, 2.75) is 6.17 Å². The summed E-state index contributed by atoms with van der Waals surface area (Å²) in [4.78, 5) is 0. The van der Waals surface area contributed by atoms with Crippen LogP contribution in [-0.2, 0) is 0 Å². The number of alkyl halides is 1. The zero-order chi connectivity index (χ0) is 7.84. The second kappa shape index (κ2) is 2.38. The number of rotatable bonds is 0. The Morgan fingerprint density at radius 3 is 3.09 bits per heavy atom. The van der Waals surface area contributed by atoms with Gasteiger partial charge in [-0.3, -0.25) is 0 Å². The Hall–Kier alpha value is -0.760. The molecule has 58 valence electrons. The Balaban J connectivity index is 2.57. The van der Waals surface area contributed by atoms with E-state index in [0.717, 1.165) is 5.69 Å². The lowest BCUT2D eigenvalue weighted by atomic mass is 10.1. The Morgan fingerprint density at radius 2 is 2.36 bits per heavy atom. The van der Waals surface area contributed by atoms with Gasteiger partial charge < -0.3 is 5.32 Å². The highest BCUT2D eigenvalue weighted by atomic mass is 35.5. The van der Waals surface area contributed by atoms with Gasteiger partial charge in [0, 0.05) is 5.56 Å². The van der Waals surface area contributed by atoms with Gasteiger partial charge in [0.25, 0.3) is 0 Å². The molecule has 1 aliphatic rings. The lowest BCUT2D eigenvalue weighted by Crippen LogP contribution is -1.94. The summed E-state index contributed by atoms with van der Waals surface area (Å²) in [7, 11) is 0. The standard InChI is InChI=1S/C8H7ClFN/c9-6-3-1-2-5-7(10)4-11-8(5)6/h1-3,7,11H,4H2. The van der Waals surface area contributed by atoms with E-state index in [1.54, 1.807) is 18.2 Å². The molecule has 11 heavy (non-hydrogen) atoms. The van der Waals surface area contributed by atoms with Crippen molar-refractivity contribution < 1.29 is 4.39 Å². The molecule has 1 N–H and O–H groups in total. The smallest absolute Gasteiger partial charge is 0.144 e. The van der Waals surface area contributed by atoms with Gasteiger partial charge in [-0.1, -0.05) is 23.7 Å². The van der Waals surface area contributed by atoms with Crippen LogP contribution < -0.4 is 5.32 Å². The molecular formula is C8H7ClFN. The van der Waals surface area contributed by atoms with Crippen LogP contribution >= 0.6 is 11.6 Å². The Bertz CT molecular complexity index is 287. The van der Waals surface area contributed by atoms with E-state index in [2.05, 4.69) is 5.32 Å². The largest absolute Gasteiger partial charge is 0.380 e. The molecule has 1 unspecified atom stereocenters. The molecule has 0 radical (unpaired) electrons. The molecular weight excluding hydrogens is 165 g/mol. The molecule has 0 saturated carbocycles. The van der Waals surface area contributed by atoms with E-state index in [9.17, 15) is 4.39 Å². The fourth-order valence-corrected chi connectivity index (χ4v) is 1.54. The van der Waals surface area contributed by atoms with Crippen LogP contribution in [0.5, 0.6) is 0 Å². The fraction of sp³-hybridized carbons (Fsp3) is 0.250. The summed E-state index contributed by atoms with van der Waals surface area (Å²) in [6, 6.07) is 5.28. The number of benzene rings is 1. The molecule has 1 aromatic rings. The van der Waals surface area contributed by atoms with Gasteiger partial charge in [-0.25, -0.2) is 4.39 Å². The zero-order valence-electron chi connectivity index (χ0n) is 5.77. The predicted molar refractivity (Wildman–Crippen MR) is 43.8 cm³/mol. The first-order chi connectivity index (χ1) is 5.29. The van der Waals surface area contributed by atoms with Crippen molar-refractivity contribution in [1.29, 1.82) is 0 Å². The number of nitrogens with one attached hydrogen (secondary N) is 1. The van der Waals surface area contributed by atoms with E-state index in [0.29, 0.717) is 17.1 Å². The van der Waals surface area contributed by atoms with Crippen LogP contribution in [0.1, 0.15) is 11.7 Å². The molecule has 3 heteroatoms. The predicted octanol–water partition coefficient (Wildman–Crippen LogP) is 2.78. The van der Waals surface area contributed by atoms with Crippen molar-refractivity contribution in [2.75, 3.05) is 11.9 Å². The average molecular weight is 172 g/mol. The molecule has 0 fully saturated rings. The fourth-order valence-electron chi connectivity index (χ4n) is 1.29. The Morgan fingerprint density at radius 1 is 1.55 bits per heavy atom. The van der Waals surface area contributed by atoms with Crippen LogP contribution in [0.3, 0.4) is 0 Å². The first kappa shape index (κ1) is 6.92. The molecule has 0 aliphatic carbocycles. The highest BCUT2D eigenvalue weighted by Crippen LogP contribution is 2.36. The normalized spacial score (nSPS) is 21.1. The number of halogens is 2. The van der Waals surface area contributed by atoms with Crippen LogP contribution in [0.2, 0.25) is 5.02 Å². The molecule has 1 aromatic carbocycles. The monoisotopic (exact) mass is 171 g/mol. The minimum Gasteiger partial charge on any atom is -0.380 e. The highest BCUT2D eigenvalue weighted by molar-refractivity contribution is 6.33. The average Bonchev–Trinajstić information content (AvgIpc) is 2.35. The van der Waals surface area contributed by atoms with Crippen molar-refractivity contribution in [3.63, 3.8) is 0 Å². The maximum atomic E-state index is 13.0. The van der Waals surface area contributed by atoms with Gasteiger partial charge in [0.2, 0.25) is 0 Å². The molecule has 0 bridgehead atoms. The first-order valence-corrected chi connectivity index (χ1v) is 3.83. The number of anilines is 1. The minimum absolute atomic E-state index is 0.346. The van der Waals surface area contributed by atoms with Gasteiger partial charge in [-0.2, -0.15) is 0 Å². The third-order valence-electron chi connectivity index (χ3n) is 1.84. The van der Waals surface area contributed by atoms with E-state index in [1.807, 2.05) is 0 Å². The molecule has 2 rings (SSSR count). The lowest BCUT2D eigenvalue weighted by molar-refractivity contribution is 0.373. The van der Waals surface area contributed by atoms with E-state index < -0.39 is 6.17 Å². The molecule has 1 nitrogen and oxygen atoms in total. The third-order valence-corrected chi connectivity index (χ3v) is 2.16. The van der Waals surface area contributed by atoms with E-state index >= 15 is 0 Å². The first-order valence-electron chi connectivity index (χ1n) is 3.45. The van der Waals surface area contributed by atoms with Gasteiger partial charge >= 0.3 is 0 Å². The maximum Gasteiger partial charge on any atom is 0.144 e. The van der Waals surface area contributed by atoms with Crippen molar-refractivity contribution >= 4 is 17.3 Å². The van der Waals surface area contributed by atoms with E-state index in [1.165, 1.54) is 0 Å².